The predicted octanol–water partition coefficient (Wildman–Crippen LogP) is 5.09. The lowest BCUT2D eigenvalue weighted by atomic mass is 10.0. The molecule has 1 aliphatic heterocycles. The van der Waals surface area contributed by atoms with Crippen LogP contribution in [0.2, 0.25) is 5.02 Å². The molecule has 0 aliphatic carbocycles. The van der Waals surface area contributed by atoms with Gasteiger partial charge in [-0.15, -0.1) is 0 Å². The Labute approximate surface area is 158 Å². The largest absolute Gasteiger partial charge is 0.348 e. The van der Waals surface area contributed by atoms with Crippen molar-refractivity contribution in [3.8, 4) is 0 Å². The highest BCUT2D eigenvalue weighted by atomic mass is 35.5. The third kappa shape index (κ3) is 3.20. The van der Waals surface area contributed by atoms with E-state index in [1.54, 1.807) is 0 Å². The highest BCUT2D eigenvalue weighted by molar-refractivity contribution is 6.30. The summed E-state index contributed by atoms with van der Waals surface area (Å²) in [5.41, 5.74) is 4.08. The van der Waals surface area contributed by atoms with Crippen molar-refractivity contribution in [1.82, 2.24) is 9.47 Å². The highest BCUT2D eigenvalue weighted by Crippen LogP contribution is 2.33. The minimum Gasteiger partial charge on any atom is -0.348 e. The molecule has 0 unspecified atom stereocenters. The molecule has 1 atom stereocenters. The van der Waals surface area contributed by atoms with Gasteiger partial charge in [-0.25, -0.2) is 4.79 Å². The van der Waals surface area contributed by atoms with E-state index < -0.39 is 0 Å². The van der Waals surface area contributed by atoms with E-state index in [2.05, 4.69) is 22.1 Å². The van der Waals surface area contributed by atoms with Gasteiger partial charge >= 0.3 is 6.03 Å². The fourth-order valence-electron chi connectivity index (χ4n) is 3.52. The average molecular weight is 366 g/mol. The predicted molar refractivity (Wildman–Crippen MR) is 105 cm³/mol. The third-order valence-corrected chi connectivity index (χ3v) is 5.01. The Morgan fingerprint density at radius 1 is 1.08 bits per heavy atom. The van der Waals surface area contributed by atoms with Crippen LogP contribution in [0.3, 0.4) is 0 Å². The first-order valence-electron chi connectivity index (χ1n) is 8.66. The number of anilines is 1. The van der Waals surface area contributed by atoms with Crippen molar-refractivity contribution in [1.29, 1.82) is 0 Å². The second kappa shape index (κ2) is 6.89. The molecule has 0 saturated carbocycles. The van der Waals surface area contributed by atoms with Gasteiger partial charge in [0.15, 0.2) is 0 Å². The van der Waals surface area contributed by atoms with Gasteiger partial charge in [-0.1, -0.05) is 35.9 Å². The SMILES string of the molecule is Cc1cccc(NC(=O)N2CCn3cccc3[C@H]2c2ccc(Cl)cc2)c1. The van der Waals surface area contributed by atoms with Gasteiger partial charge in [0.25, 0.3) is 0 Å². The number of nitrogens with one attached hydrogen (secondary N) is 1. The van der Waals surface area contributed by atoms with Crippen LogP contribution in [0.4, 0.5) is 10.5 Å². The summed E-state index contributed by atoms with van der Waals surface area (Å²) in [5, 5.41) is 3.73. The number of hydrogen-bond acceptors (Lipinski definition) is 1. The number of carbonyl (C=O) groups is 1. The Bertz CT molecular complexity index is 932. The first kappa shape index (κ1) is 16.7. The molecular formula is C21H20ClN3O. The fourth-order valence-corrected chi connectivity index (χ4v) is 3.64. The maximum Gasteiger partial charge on any atom is 0.322 e. The van der Waals surface area contributed by atoms with Gasteiger partial charge in [-0.2, -0.15) is 0 Å². The van der Waals surface area contributed by atoms with E-state index in [0.29, 0.717) is 11.6 Å². The van der Waals surface area contributed by atoms with E-state index in [1.807, 2.05) is 66.4 Å². The quantitative estimate of drug-likeness (QED) is 0.675. The van der Waals surface area contributed by atoms with Crippen LogP contribution in [0.5, 0.6) is 0 Å². The Hall–Kier alpha value is -2.72. The van der Waals surface area contributed by atoms with Gasteiger partial charge in [-0.05, 0) is 54.4 Å². The monoisotopic (exact) mass is 365 g/mol. The summed E-state index contributed by atoms with van der Waals surface area (Å²) in [6.45, 7) is 3.44. The van der Waals surface area contributed by atoms with Crippen molar-refractivity contribution in [2.24, 2.45) is 0 Å². The number of fused-ring (bicyclic) bond motifs is 1. The van der Waals surface area contributed by atoms with Crippen LogP contribution in [0.25, 0.3) is 0 Å². The summed E-state index contributed by atoms with van der Waals surface area (Å²) >= 11 is 6.05. The Kier molecular flexibility index (Phi) is 4.43. The van der Waals surface area contributed by atoms with E-state index in [0.717, 1.165) is 29.1 Å². The molecular weight excluding hydrogens is 346 g/mol. The molecule has 5 heteroatoms. The van der Waals surface area contributed by atoms with Gasteiger partial charge < -0.3 is 14.8 Å². The second-order valence-corrected chi connectivity index (χ2v) is 7.01. The lowest BCUT2D eigenvalue weighted by Crippen LogP contribution is -2.44. The summed E-state index contributed by atoms with van der Waals surface area (Å²) < 4.78 is 2.20. The standard InChI is InChI=1S/C21H20ClN3O/c1-15-4-2-5-18(14-15)23-21(26)25-13-12-24-11-3-6-19(24)20(25)16-7-9-17(22)10-8-16/h2-11,14,20H,12-13H2,1H3,(H,23,26)/t20-/m1/s1. The molecule has 1 aliphatic rings. The molecule has 0 saturated heterocycles. The summed E-state index contributed by atoms with van der Waals surface area (Å²) in [6, 6.07) is 19.4. The fraction of sp³-hybridized carbons (Fsp3) is 0.190. The maximum atomic E-state index is 13.0. The van der Waals surface area contributed by atoms with Crippen molar-refractivity contribution >= 4 is 23.3 Å². The number of urea groups is 1. The van der Waals surface area contributed by atoms with Gasteiger partial charge in [0.1, 0.15) is 0 Å². The van der Waals surface area contributed by atoms with E-state index in [9.17, 15) is 4.79 Å². The van der Waals surface area contributed by atoms with Crippen molar-refractivity contribution in [3.63, 3.8) is 0 Å². The van der Waals surface area contributed by atoms with Crippen LogP contribution in [-0.2, 0) is 6.54 Å². The van der Waals surface area contributed by atoms with Gasteiger partial charge in [-0.3, -0.25) is 0 Å². The first-order valence-corrected chi connectivity index (χ1v) is 9.04. The van der Waals surface area contributed by atoms with Gasteiger partial charge in [0, 0.05) is 35.7 Å². The molecule has 2 heterocycles. The van der Waals surface area contributed by atoms with Gasteiger partial charge in [0.05, 0.1) is 6.04 Å². The summed E-state index contributed by atoms with van der Waals surface area (Å²) in [7, 11) is 0. The van der Waals surface area contributed by atoms with E-state index in [4.69, 9.17) is 11.6 Å². The molecule has 0 radical (unpaired) electrons. The number of halogens is 1. The number of rotatable bonds is 2. The lowest BCUT2D eigenvalue weighted by Gasteiger charge is -2.37. The molecule has 4 nitrogen and oxygen atoms in total. The van der Waals surface area contributed by atoms with Crippen molar-refractivity contribution in [3.05, 3.63) is 88.7 Å². The summed E-state index contributed by atoms with van der Waals surface area (Å²) in [5.74, 6) is 0. The van der Waals surface area contributed by atoms with E-state index in [1.165, 1.54) is 0 Å². The zero-order valence-electron chi connectivity index (χ0n) is 14.5. The zero-order chi connectivity index (χ0) is 18.1. The maximum absolute atomic E-state index is 13.0. The van der Waals surface area contributed by atoms with Crippen LogP contribution in [0.1, 0.15) is 22.9 Å². The molecule has 3 aromatic rings. The smallest absolute Gasteiger partial charge is 0.322 e. The normalized spacial score (nSPS) is 16.2. The first-order chi connectivity index (χ1) is 12.6. The number of aryl methyl sites for hydroxylation is 1. The Balaban J connectivity index is 1.67. The number of amides is 2. The Morgan fingerprint density at radius 3 is 2.65 bits per heavy atom. The molecule has 0 bridgehead atoms. The van der Waals surface area contributed by atoms with Crippen molar-refractivity contribution in [2.45, 2.75) is 19.5 Å². The minimum atomic E-state index is -0.138. The van der Waals surface area contributed by atoms with Crippen LogP contribution in [-0.4, -0.2) is 22.0 Å². The molecule has 1 N–H and O–H groups in total. The number of hydrogen-bond donors (Lipinski definition) is 1. The third-order valence-electron chi connectivity index (χ3n) is 4.75. The average Bonchev–Trinajstić information content (AvgIpc) is 3.10. The van der Waals surface area contributed by atoms with Crippen molar-refractivity contribution in [2.75, 3.05) is 11.9 Å². The second-order valence-electron chi connectivity index (χ2n) is 6.57. The number of nitrogens with zero attached hydrogens (tertiary/aromatic N) is 2. The molecule has 0 spiro atoms. The number of carbonyl (C=O) groups excluding carboxylic acids is 1. The minimum absolute atomic E-state index is 0.0944. The van der Waals surface area contributed by atoms with Gasteiger partial charge in [0.2, 0.25) is 0 Å². The lowest BCUT2D eigenvalue weighted by molar-refractivity contribution is 0.182. The molecule has 4 rings (SSSR count). The molecule has 26 heavy (non-hydrogen) atoms. The van der Waals surface area contributed by atoms with Crippen LogP contribution >= 0.6 is 11.6 Å². The number of benzene rings is 2. The molecule has 132 valence electrons. The molecule has 2 amide bonds. The molecule has 0 fully saturated rings. The van der Waals surface area contributed by atoms with Crippen LogP contribution < -0.4 is 5.32 Å². The highest BCUT2D eigenvalue weighted by Gasteiger charge is 2.32. The van der Waals surface area contributed by atoms with Crippen molar-refractivity contribution < 1.29 is 4.79 Å². The molecule has 2 aromatic carbocycles. The molecule has 1 aromatic heterocycles. The zero-order valence-corrected chi connectivity index (χ0v) is 15.3. The summed E-state index contributed by atoms with van der Waals surface area (Å²) in [4.78, 5) is 14.9. The summed E-state index contributed by atoms with van der Waals surface area (Å²) in [6.07, 6.45) is 2.06. The topological polar surface area (TPSA) is 37.3 Å². The van der Waals surface area contributed by atoms with E-state index >= 15 is 0 Å². The number of aromatic nitrogens is 1. The van der Waals surface area contributed by atoms with Crippen LogP contribution in [0, 0.1) is 6.92 Å². The van der Waals surface area contributed by atoms with Crippen LogP contribution in [0.15, 0.2) is 66.9 Å². The van der Waals surface area contributed by atoms with E-state index in [-0.39, 0.29) is 12.1 Å². The Morgan fingerprint density at radius 2 is 1.88 bits per heavy atom.